The zero-order valence-electron chi connectivity index (χ0n) is 16.5. The highest BCUT2D eigenvalue weighted by Crippen LogP contribution is 2.38. The van der Waals surface area contributed by atoms with E-state index < -0.39 is 0 Å². The lowest BCUT2D eigenvalue weighted by Gasteiger charge is -2.26. The van der Waals surface area contributed by atoms with E-state index in [0.29, 0.717) is 29.4 Å². The fraction of sp³-hybridized carbons (Fsp3) is 0.450. The van der Waals surface area contributed by atoms with Crippen molar-refractivity contribution in [2.24, 2.45) is 0 Å². The van der Waals surface area contributed by atoms with Crippen LogP contribution in [-0.2, 0) is 6.54 Å². The zero-order valence-corrected chi connectivity index (χ0v) is 16.5. The van der Waals surface area contributed by atoms with Crippen LogP contribution in [0.3, 0.4) is 0 Å². The average Bonchev–Trinajstić information content (AvgIpc) is 2.77. The molecule has 1 aliphatic heterocycles. The van der Waals surface area contributed by atoms with Gasteiger partial charge in [-0.15, -0.1) is 0 Å². The Kier molecular flexibility index (Phi) is 6.52. The minimum absolute atomic E-state index is 0.252. The summed E-state index contributed by atoms with van der Waals surface area (Å²) in [6.07, 6.45) is 5.30. The number of aromatic nitrogens is 2. The maximum Gasteiger partial charge on any atom is 0.251 e. The lowest BCUT2D eigenvalue weighted by Crippen LogP contribution is -2.31. The van der Waals surface area contributed by atoms with Crippen molar-refractivity contribution in [2.75, 3.05) is 39.3 Å². The first-order valence-electron chi connectivity index (χ1n) is 9.31. The minimum Gasteiger partial charge on any atom is -0.493 e. The van der Waals surface area contributed by atoms with Gasteiger partial charge in [-0.25, -0.2) is 9.97 Å². The lowest BCUT2D eigenvalue weighted by molar-refractivity contribution is 0.0949. The molecule has 1 saturated heterocycles. The Balaban J connectivity index is 1.70. The van der Waals surface area contributed by atoms with Gasteiger partial charge in [-0.2, -0.15) is 0 Å². The summed E-state index contributed by atoms with van der Waals surface area (Å²) in [6, 6.07) is 5.05. The van der Waals surface area contributed by atoms with Gasteiger partial charge in [0, 0.05) is 24.8 Å². The minimum atomic E-state index is -0.252. The number of nitrogens with zero attached hydrogens (tertiary/aromatic N) is 3. The monoisotopic (exact) mass is 386 g/mol. The third-order valence-corrected chi connectivity index (χ3v) is 4.70. The summed E-state index contributed by atoms with van der Waals surface area (Å²) in [5.41, 5.74) is 1.18. The number of carbonyl (C=O) groups excluding carboxylic acids is 1. The molecular weight excluding hydrogens is 360 g/mol. The van der Waals surface area contributed by atoms with Crippen molar-refractivity contribution in [3.8, 4) is 17.2 Å². The van der Waals surface area contributed by atoms with Crippen molar-refractivity contribution in [3.05, 3.63) is 35.7 Å². The van der Waals surface area contributed by atoms with E-state index in [1.54, 1.807) is 18.3 Å². The molecule has 1 fully saturated rings. The van der Waals surface area contributed by atoms with Crippen LogP contribution in [0.5, 0.6) is 17.2 Å². The Morgan fingerprint density at radius 1 is 1.07 bits per heavy atom. The smallest absolute Gasteiger partial charge is 0.251 e. The van der Waals surface area contributed by atoms with Crippen LogP contribution in [0.4, 0.5) is 5.95 Å². The molecule has 1 N–H and O–H groups in total. The van der Waals surface area contributed by atoms with Gasteiger partial charge in [0.25, 0.3) is 5.91 Å². The molecule has 28 heavy (non-hydrogen) atoms. The van der Waals surface area contributed by atoms with Crippen LogP contribution in [0.1, 0.15) is 35.3 Å². The van der Waals surface area contributed by atoms with Crippen molar-refractivity contribution in [1.82, 2.24) is 15.3 Å². The SMILES string of the molecule is COc1cc(C(=O)NCc2ccnc(N3CCCCC3)n2)cc(OC)c1OC. The second-order valence-electron chi connectivity index (χ2n) is 6.49. The average molecular weight is 386 g/mol. The lowest BCUT2D eigenvalue weighted by atomic mass is 10.1. The summed E-state index contributed by atoms with van der Waals surface area (Å²) < 4.78 is 15.9. The molecule has 2 aromatic rings. The molecule has 1 aromatic carbocycles. The number of benzene rings is 1. The summed E-state index contributed by atoms with van der Waals surface area (Å²) in [6.45, 7) is 2.25. The summed E-state index contributed by atoms with van der Waals surface area (Å²) in [4.78, 5) is 23.8. The number of hydrogen-bond donors (Lipinski definition) is 1. The molecule has 0 bridgehead atoms. The number of ether oxygens (including phenoxy) is 3. The van der Waals surface area contributed by atoms with Crippen LogP contribution in [0.25, 0.3) is 0 Å². The largest absolute Gasteiger partial charge is 0.493 e. The molecule has 1 aromatic heterocycles. The quantitative estimate of drug-likeness (QED) is 0.782. The number of hydrogen-bond acceptors (Lipinski definition) is 7. The van der Waals surface area contributed by atoms with Gasteiger partial charge >= 0.3 is 0 Å². The Morgan fingerprint density at radius 2 is 1.75 bits per heavy atom. The van der Waals surface area contributed by atoms with Gasteiger partial charge in [-0.3, -0.25) is 4.79 Å². The fourth-order valence-corrected chi connectivity index (χ4v) is 3.21. The standard InChI is InChI=1S/C20H26N4O4/c1-26-16-11-14(12-17(27-2)18(16)28-3)19(25)22-13-15-7-8-21-20(23-15)24-9-5-4-6-10-24/h7-8,11-12H,4-6,9-10,13H2,1-3H3,(H,22,25). The molecule has 0 spiro atoms. The Labute approximate surface area is 164 Å². The van der Waals surface area contributed by atoms with E-state index in [2.05, 4.69) is 20.2 Å². The van der Waals surface area contributed by atoms with E-state index in [1.807, 2.05) is 6.07 Å². The highest BCUT2D eigenvalue weighted by atomic mass is 16.5. The van der Waals surface area contributed by atoms with Gasteiger partial charge in [-0.05, 0) is 37.5 Å². The van der Waals surface area contributed by atoms with Crippen molar-refractivity contribution in [3.63, 3.8) is 0 Å². The van der Waals surface area contributed by atoms with Gasteiger partial charge in [0.1, 0.15) is 0 Å². The molecule has 150 valence electrons. The first-order valence-corrected chi connectivity index (χ1v) is 9.31. The highest BCUT2D eigenvalue weighted by Gasteiger charge is 2.17. The molecule has 1 aliphatic rings. The molecule has 8 heteroatoms. The normalized spacial score (nSPS) is 13.8. The van der Waals surface area contributed by atoms with Crippen LogP contribution in [0.2, 0.25) is 0 Å². The summed E-state index contributed by atoms with van der Waals surface area (Å²) in [5, 5.41) is 2.89. The maximum atomic E-state index is 12.6. The molecule has 0 radical (unpaired) electrons. The number of anilines is 1. The predicted octanol–water partition coefficient (Wildman–Crippen LogP) is 2.42. The van der Waals surface area contributed by atoms with E-state index in [-0.39, 0.29) is 5.91 Å². The van der Waals surface area contributed by atoms with Crippen LogP contribution >= 0.6 is 0 Å². The molecule has 0 aliphatic carbocycles. The summed E-state index contributed by atoms with van der Waals surface area (Å²) in [5.74, 6) is 1.78. The molecule has 0 saturated carbocycles. The molecule has 1 amide bonds. The third kappa shape index (κ3) is 4.44. The van der Waals surface area contributed by atoms with Crippen molar-refractivity contribution in [1.29, 1.82) is 0 Å². The zero-order chi connectivity index (χ0) is 19.9. The summed E-state index contributed by atoms with van der Waals surface area (Å²) in [7, 11) is 4.55. The molecule has 8 nitrogen and oxygen atoms in total. The predicted molar refractivity (Wildman–Crippen MR) is 105 cm³/mol. The van der Waals surface area contributed by atoms with E-state index in [1.165, 1.54) is 27.8 Å². The topological polar surface area (TPSA) is 85.8 Å². The fourth-order valence-electron chi connectivity index (χ4n) is 3.21. The van der Waals surface area contributed by atoms with Crippen molar-refractivity contribution >= 4 is 11.9 Å². The number of methoxy groups -OCH3 is 3. The number of nitrogens with one attached hydrogen (secondary N) is 1. The van der Waals surface area contributed by atoms with Gasteiger partial charge in [-0.1, -0.05) is 0 Å². The molecule has 3 rings (SSSR count). The van der Waals surface area contributed by atoms with Gasteiger partial charge in [0.15, 0.2) is 11.5 Å². The van der Waals surface area contributed by atoms with E-state index in [4.69, 9.17) is 14.2 Å². The van der Waals surface area contributed by atoms with Crippen molar-refractivity contribution in [2.45, 2.75) is 25.8 Å². The highest BCUT2D eigenvalue weighted by molar-refractivity contribution is 5.95. The number of amides is 1. The summed E-state index contributed by atoms with van der Waals surface area (Å²) >= 11 is 0. The third-order valence-electron chi connectivity index (χ3n) is 4.70. The number of rotatable bonds is 7. The Hall–Kier alpha value is -3.03. The Morgan fingerprint density at radius 3 is 2.36 bits per heavy atom. The van der Waals surface area contributed by atoms with Gasteiger partial charge in [0.05, 0.1) is 33.6 Å². The van der Waals surface area contributed by atoms with Crippen LogP contribution < -0.4 is 24.4 Å². The first kappa shape index (κ1) is 19.7. The Bertz CT molecular complexity index is 797. The van der Waals surface area contributed by atoms with Crippen LogP contribution in [0, 0.1) is 0 Å². The van der Waals surface area contributed by atoms with E-state index >= 15 is 0 Å². The second-order valence-corrected chi connectivity index (χ2v) is 6.49. The second kappa shape index (κ2) is 9.25. The molecule has 0 atom stereocenters. The maximum absolute atomic E-state index is 12.6. The molecule has 2 heterocycles. The van der Waals surface area contributed by atoms with Gasteiger partial charge < -0.3 is 24.4 Å². The van der Waals surface area contributed by atoms with Gasteiger partial charge in [0.2, 0.25) is 11.7 Å². The number of piperidine rings is 1. The van der Waals surface area contributed by atoms with E-state index in [9.17, 15) is 4.79 Å². The molecule has 0 unspecified atom stereocenters. The van der Waals surface area contributed by atoms with E-state index in [0.717, 1.165) is 37.6 Å². The van der Waals surface area contributed by atoms with Crippen molar-refractivity contribution < 1.29 is 19.0 Å². The van der Waals surface area contributed by atoms with Crippen LogP contribution in [-0.4, -0.2) is 50.3 Å². The number of carbonyl (C=O) groups is 1. The van der Waals surface area contributed by atoms with Crippen LogP contribution in [0.15, 0.2) is 24.4 Å². The first-order chi connectivity index (χ1) is 13.7. The molecular formula is C20H26N4O4.